The van der Waals surface area contributed by atoms with E-state index in [0.717, 1.165) is 17.7 Å². The zero-order valence-corrected chi connectivity index (χ0v) is 17.7. The number of imide groups is 1. The molecule has 3 aromatic rings. The summed E-state index contributed by atoms with van der Waals surface area (Å²) in [6.45, 7) is 4.02. The Labute approximate surface area is 179 Å². The second-order valence-electron chi connectivity index (χ2n) is 7.83. The lowest BCUT2D eigenvalue weighted by Crippen LogP contribution is -2.67. The second kappa shape index (κ2) is 6.99. The van der Waals surface area contributed by atoms with E-state index >= 15 is 0 Å². The van der Waals surface area contributed by atoms with E-state index in [0.29, 0.717) is 17.0 Å². The Balaban J connectivity index is 1.66. The molecule has 2 aromatic carbocycles. The number of hydrogen-bond acceptors (Lipinski definition) is 4. The molecule has 1 saturated heterocycles. The van der Waals surface area contributed by atoms with Gasteiger partial charge in [-0.25, -0.2) is 4.79 Å². The molecule has 2 aliphatic rings. The van der Waals surface area contributed by atoms with Gasteiger partial charge in [0, 0.05) is 17.7 Å². The minimum Gasteiger partial charge on any atom is -0.467 e. The molecule has 1 aromatic heterocycles. The molecule has 0 unspecified atom stereocenters. The molecule has 5 nitrogen and oxygen atoms in total. The minimum atomic E-state index is -0.879. The lowest BCUT2D eigenvalue weighted by Gasteiger charge is -2.53. The summed E-state index contributed by atoms with van der Waals surface area (Å²) in [6.07, 6.45) is 1.42. The van der Waals surface area contributed by atoms with Crippen molar-refractivity contribution in [1.29, 1.82) is 0 Å². The molecular weight excluding hydrogens is 396 g/mol. The number of carbonyl (C=O) groups is 2. The smallest absolute Gasteiger partial charge is 0.335 e. The molecule has 2 bridgehead atoms. The van der Waals surface area contributed by atoms with Crippen molar-refractivity contribution in [3.05, 3.63) is 82.0 Å². The number of rotatable bonds is 3. The maximum atomic E-state index is 13.8. The average Bonchev–Trinajstić information content (AvgIpc) is 3.28. The molecule has 30 heavy (non-hydrogen) atoms. The molecule has 0 radical (unpaired) electrons. The third kappa shape index (κ3) is 2.82. The molecule has 152 valence electrons. The first kappa shape index (κ1) is 18.9. The third-order valence-electron chi connectivity index (χ3n) is 5.92. The Bertz CT molecular complexity index is 1110. The fourth-order valence-corrected chi connectivity index (χ4v) is 5.08. The van der Waals surface area contributed by atoms with Gasteiger partial charge in [0.2, 0.25) is 0 Å². The zero-order valence-electron chi connectivity index (χ0n) is 16.9. The van der Waals surface area contributed by atoms with Crippen molar-refractivity contribution in [2.24, 2.45) is 0 Å². The number of fused-ring (bicyclic) bond motifs is 4. The highest BCUT2D eigenvalue weighted by Crippen LogP contribution is 2.49. The van der Waals surface area contributed by atoms with Crippen LogP contribution in [0, 0.1) is 0 Å². The van der Waals surface area contributed by atoms with E-state index < -0.39 is 5.72 Å². The van der Waals surface area contributed by atoms with E-state index in [1.165, 1.54) is 21.8 Å². The predicted molar refractivity (Wildman–Crippen MR) is 117 cm³/mol. The summed E-state index contributed by atoms with van der Waals surface area (Å²) in [6, 6.07) is 18.4. The standard InChI is InChI=1S/C24H22N2O3S/c1-3-16-10-12-17(13-11-16)26-23(28)25(22(27)21-9-6-14-30-21)19-15-24(26,2)29-20-8-5-4-7-18(19)20/h4-14,19H,3,15H2,1-2H3/t19-,24+/m0/s1. The van der Waals surface area contributed by atoms with Crippen molar-refractivity contribution in [1.82, 2.24) is 4.90 Å². The van der Waals surface area contributed by atoms with Crippen molar-refractivity contribution in [3.63, 3.8) is 0 Å². The Morgan fingerprint density at radius 2 is 1.90 bits per heavy atom. The quantitative estimate of drug-likeness (QED) is 0.554. The third-order valence-corrected chi connectivity index (χ3v) is 6.77. The molecule has 0 spiro atoms. The molecule has 6 heteroatoms. The van der Waals surface area contributed by atoms with Gasteiger partial charge in [0.1, 0.15) is 5.75 Å². The van der Waals surface area contributed by atoms with E-state index in [-0.39, 0.29) is 18.0 Å². The van der Waals surface area contributed by atoms with E-state index in [1.54, 1.807) is 11.0 Å². The summed E-state index contributed by atoms with van der Waals surface area (Å²) in [7, 11) is 0. The lowest BCUT2D eigenvalue weighted by molar-refractivity contribution is 0.00284. The number of carbonyl (C=O) groups excluding carboxylic acids is 2. The summed E-state index contributed by atoms with van der Waals surface area (Å²) < 4.78 is 6.37. The maximum Gasteiger partial charge on any atom is 0.335 e. The van der Waals surface area contributed by atoms with Gasteiger partial charge in [-0.15, -0.1) is 11.3 Å². The van der Waals surface area contributed by atoms with Gasteiger partial charge in [-0.1, -0.05) is 43.3 Å². The lowest BCUT2D eigenvalue weighted by atomic mass is 9.88. The van der Waals surface area contributed by atoms with Gasteiger partial charge in [-0.2, -0.15) is 0 Å². The van der Waals surface area contributed by atoms with Gasteiger partial charge in [-0.3, -0.25) is 14.6 Å². The van der Waals surface area contributed by atoms with Gasteiger partial charge in [-0.05, 0) is 48.6 Å². The Hall–Kier alpha value is -3.12. The van der Waals surface area contributed by atoms with E-state index in [1.807, 2.05) is 66.9 Å². The fraction of sp³-hybridized carbons (Fsp3) is 0.250. The molecule has 0 saturated carbocycles. The number of urea groups is 1. The van der Waals surface area contributed by atoms with Crippen molar-refractivity contribution >= 4 is 29.0 Å². The summed E-state index contributed by atoms with van der Waals surface area (Å²) in [4.78, 5) is 30.8. The number of para-hydroxylation sites is 1. The van der Waals surface area contributed by atoms with Crippen molar-refractivity contribution in [3.8, 4) is 5.75 Å². The van der Waals surface area contributed by atoms with Crippen LogP contribution in [-0.2, 0) is 6.42 Å². The molecular formula is C24H22N2O3S. The van der Waals surface area contributed by atoms with Crippen LogP contribution in [0.1, 0.15) is 47.1 Å². The Kier molecular flexibility index (Phi) is 4.40. The van der Waals surface area contributed by atoms with Crippen LogP contribution in [0.5, 0.6) is 5.75 Å². The summed E-state index contributed by atoms with van der Waals surface area (Å²) in [5.74, 6) is 0.442. The van der Waals surface area contributed by atoms with Gasteiger partial charge in [0.05, 0.1) is 10.9 Å². The first-order chi connectivity index (χ1) is 14.5. The normalized spacial score (nSPS) is 22.5. The van der Waals surface area contributed by atoms with E-state index in [9.17, 15) is 9.59 Å². The molecule has 2 atom stereocenters. The fourth-order valence-electron chi connectivity index (χ4n) is 4.42. The summed E-state index contributed by atoms with van der Waals surface area (Å²) in [5.41, 5.74) is 1.90. The predicted octanol–water partition coefficient (Wildman–Crippen LogP) is 5.63. The van der Waals surface area contributed by atoms with E-state index in [2.05, 4.69) is 6.92 Å². The number of ether oxygens (including phenoxy) is 1. The van der Waals surface area contributed by atoms with Crippen LogP contribution in [0.2, 0.25) is 0 Å². The zero-order chi connectivity index (χ0) is 20.9. The molecule has 1 fully saturated rings. The largest absolute Gasteiger partial charge is 0.467 e. The highest BCUT2D eigenvalue weighted by molar-refractivity contribution is 7.12. The summed E-state index contributed by atoms with van der Waals surface area (Å²) >= 11 is 1.35. The second-order valence-corrected chi connectivity index (χ2v) is 8.77. The van der Waals surface area contributed by atoms with Gasteiger partial charge in [0.25, 0.3) is 5.91 Å². The van der Waals surface area contributed by atoms with Crippen LogP contribution < -0.4 is 9.64 Å². The van der Waals surface area contributed by atoms with Crippen LogP contribution in [-0.4, -0.2) is 22.6 Å². The van der Waals surface area contributed by atoms with E-state index in [4.69, 9.17) is 4.74 Å². The molecule has 3 amide bonds. The number of aryl methyl sites for hydroxylation is 1. The molecule has 0 aliphatic carbocycles. The van der Waals surface area contributed by atoms with Crippen molar-refractivity contribution < 1.29 is 14.3 Å². The SMILES string of the molecule is CCc1ccc(N2C(=O)N(C(=O)c3cccs3)[C@H]3C[C@@]2(C)Oc2ccccc23)cc1. The Morgan fingerprint density at radius 1 is 1.13 bits per heavy atom. The van der Waals surface area contributed by atoms with Gasteiger partial charge < -0.3 is 4.74 Å². The number of nitrogens with zero attached hydrogens (tertiary/aromatic N) is 2. The van der Waals surface area contributed by atoms with Crippen LogP contribution in [0.25, 0.3) is 0 Å². The van der Waals surface area contributed by atoms with Crippen LogP contribution in [0.4, 0.5) is 10.5 Å². The molecule has 3 heterocycles. The molecule has 2 aliphatic heterocycles. The highest BCUT2D eigenvalue weighted by atomic mass is 32.1. The number of benzene rings is 2. The minimum absolute atomic E-state index is 0.270. The molecule has 0 N–H and O–H groups in total. The number of amides is 3. The van der Waals surface area contributed by atoms with Crippen LogP contribution in [0.15, 0.2) is 66.0 Å². The number of thiophene rings is 1. The maximum absolute atomic E-state index is 13.8. The van der Waals surface area contributed by atoms with Crippen molar-refractivity contribution in [2.45, 2.75) is 38.5 Å². The number of hydrogen-bond donors (Lipinski definition) is 0. The first-order valence-corrected chi connectivity index (χ1v) is 11.0. The highest BCUT2D eigenvalue weighted by Gasteiger charge is 2.55. The average molecular weight is 419 g/mol. The Morgan fingerprint density at radius 3 is 2.60 bits per heavy atom. The number of anilines is 1. The van der Waals surface area contributed by atoms with Gasteiger partial charge in [0.15, 0.2) is 5.72 Å². The van der Waals surface area contributed by atoms with Crippen LogP contribution in [0.3, 0.4) is 0 Å². The monoisotopic (exact) mass is 418 g/mol. The molecule has 5 rings (SSSR count). The van der Waals surface area contributed by atoms with Gasteiger partial charge >= 0.3 is 6.03 Å². The topological polar surface area (TPSA) is 49.9 Å². The van der Waals surface area contributed by atoms with Crippen molar-refractivity contribution in [2.75, 3.05) is 4.90 Å². The summed E-state index contributed by atoms with van der Waals surface area (Å²) in [5, 5.41) is 1.85. The first-order valence-electron chi connectivity index (χ1n) is 10.1. The van der Waals surface area contributed by atoms with Crippen LogP contribution >= 0.6 is 11.3 Å².